The van der Waals surface area contributed by atoms with Gasteiger partial charge in [-0.25, -0.2) is 0 Å². The Morgan fingerprint density at radius 3 is 2.63 bits per heavy atom. The van der Waals surface area contributed by atoms with Gasteiger partial charge in [-0.1, -0.05) is 38.1 Å². The van der Waals surface area contributed by atoms with Crippen LogP contribution in [0.25, 0.3) is 6.08 Å². The fourth-order valence-electron chi connectivity index (χ4n) is 3.83. The number of methoxy groups -OCH3 is 1. The van der Waals surface area contributed by atoms with Gasteiger partial charge in [0.15, 0.2) is 5.82 Å². The van der Waals surface area contributed by atoms with E-state index in [9.17, 15) is 4.79 Å². The lowest BCUT2D eigenvalue weighted by Crippen LogP contribution is -2.31. The van der Waals surface area contributed by atoms with Gasteiger partial charge in [-0.3, -0.25) is 9.69 Å². The minimum Gasteiger partial charge on any atom is -0.497 e. The highest BCUT2D eigenvalue weighted by Crippen LogP contribution is 2.22. The molecule has 1 amide bonds. The maximum absolute atomic E-state index is 11.7. The molecule has 1 aliphatic rings. The van der Waals surface area contributed by atoms with Crippen molar-refractivity contribution in [1.82, 2.24) is 25.0 Å². The van der Waals surface area contributed by atoms with E-state index in [-0.39, 0.29) is 11.9 Å². The second kappa shape index (κ2) is 10.4. The molecule has 1 N–H and O–H groups in total. The van der Waals surface area contributed by atoms with Crippen molar-refractivity contribution in [3.05, 3.63) is 47.6 Å². The number of rotatable bonds is 8. The van der Waals surface area contributed by atoms with Crippen LogP contribution >= 0.6 is 0 Å². The molecule has 2 heterocycles. The van der Waals surface area contributed by atoms with Crippen LogP contribution in [0.15, 0.2) is 30.3 Å². The summed E-state index contributed by atoms with van der Waals surface area (Å²) in [6.07, 6.45) is 6.06. The first kappa shape index (κ1) is 22.0. The molecule has 1 aliphatic heterocycles. The van der Waals surface area contributed by atoms with E-state index in [1.54, 1.807) is 14.0 Å². The van der Waals surface area contributed by atoms with Gasteiger partial charge in [-0.2, -0.15) is 0 Å². The van der Waals surface area contributed by atoms with Crippen molar-refractivity contribution in [3.63, 3.8) is 0 Å². The summed E-state index contributed by atoms with van der Waals surface area (Å²) in [5.41, 5.74) is 1.16. The summed E-state index contributed by atoms with van der Waals surface area (Å²) in [5, 5.41) is 11.9. The summed E-state index contributed by atoms with van der Waals surface area (Å²) in [4.78, 5) is 14.1. The van der Waals surface area contributed by atoms with E-state index in [0.29, 0.717) is 5.92 Å². The molecule has 3 rings (SSSR count). The van der Waals surface area contributed by atoms with Gasteiger partial charge in [0.25, 0.3) is 0 Å². The summed E-state index contributed by atoms with van der Waals surface area (Å²) in [6.45, 7) is 9.48. The molecule has 1 aromatic heterocycles. The fourth-order valence-corrected chi connectivity index (χ4v) is 3.83. The number of hydrogen-bond acceptors (Lipinski definition) is 5. The zero-order chi connectivity index (χ0) is 21.5. The van der Waals surface area contributed by atoms with E-state index in [4.69, 9.17) is 4.74 Å². The summed E-state index contributed by atoms with van der Waals surface area (Å²) < 4.78 is 7.41. The maximum Gasteiger partial charge on any atom is 0.217 e. The van der Waals surface area contributed by atoms with E-state index in [1.807, 2.05) is 12.1 Å². The number of ether oxygens (including phenoxy) is 1. The minimum atomic E-state index is -0.0923. The lowest BCUT2D eigenvalue weighted by Gasteiger charge is -2.21. The molecule has 30 heavy (non-hydrogen) atoms. The highest BCUT2D eigenvalue weighted by atomic mass is 16.5. The third-order valence-electron chi connectivity index (χ3n) is 5.33. The molecule has 162 valence electrons. The smallest absolute Gasteiger partial charge is 0.217 e. The van der Waals surface area contributed by atoms with Crippen molar-refractivity contribution < 1.29 is 9.53 Å². The van der Waals surface area contributed by atoms with Crippen molar-refractivity contribution in [1.29, 1.82) is 0 Å². The van der Waals surface area contributed by atoms with Gasteiger partial charge < -0.3 is 14.6 Å². The van der Waals surface area contributed by atoms with Gasteiger partial charge in [0, 0.05) is 39.5 Å². The molecule has 7 heteroatoms. The summed E-state index contributed by atoms with van der Waals surface area (Å²) in [6, 6.07) is 7.97. The number of fused-ring (bicyclic) bond motifs is 1. The Labute approximate surface area is 179 Å². The van der Waals surface area contributed by atoms with Crippen LogP contribution in [-0.4, -0.2) is 52.3 Å². The van der Waals surface area contributed by atoms with Gasteiger partial charge in [-0.15, -0.1) is 10.2 Å². The van der Waals surface area contributed by atoms with Crippen molar-refractivity contribution >= 4 is 12.0 Å². The number of nitrogens with zero attached hydrogens (tertiary/aromatic N) is 4. The van der Waals surface area contributed by atoms with E-state index < -0.39 is 0 Å². The predicted molar refractivity (Wildman–Crippen MR) is 118 cm³/mol. The molecule has 0 spiro atoms. The third kappa shape index (κ3) is 5.92. The predicted octanol–water partition coefficient (Wildman–Crippen LogP) is 3.08. The van der Waals surface area contributed by atoms with Crippen molar-refractivity contribution in [2.75, 3.05) is 26.7 Å². The minimum absolute atomic E-state index is 0.0306. The molecular formula is C23H33N5O2. The zero-order valence-corrected chi connectivity index (χ0v) is 18.5. The number of carbonyl (C=O) groups excluding carboxylic acids is 1. The Kier molecular flexibility index (Phi) is 7.63. The van der Waals surface area contributed by atoms with Crippen LogP contribution < -0.4 is 10.1 Å². The van der Waals surface area contributed by atoms with E-state index in [0.717, 1.165) is 62.0 Å². The van der Waals surface area contributed by atoms with Gasteiger partial charge in [0.1, 0.15) is 11.6 Å². The molecule has 0 saturated heterocycles. The Balaban J connectivity index is 1.62. The normalized spacial score (nSPS) is 15.8. The average molecular weight is 412 g/mol. The van der Waals surface area contributed by atoms with Crippen LogP contribution in [0.3, 0.4) is 0 Å². The fraction of sp³-hybridized carbons (Fsp3) is 0.522. The first-order valence-electron chi connectivity index (χ1n) is 10.7. The highest BCUT2D eigenvalue weighted by molar-refractivity contribution is 5.73. The molecule has 1 unspecified atom stereocenters. The molecule has 0 bridgehead atoms. The maximum atomic E-state index is 11.7. The summed E-state index contributed by atoms with van der Waals surface area (Å²) in [5.74, 6) is 3.18. The average Bonchev–Trinajstić information content (AvgIpc) is 3.01. The number of amides is 1. The lowest BCUT2D eigenvalue weighted by molar-refractivity contribution is -0.119. The number of carbonyl (C=O) groups is 1. The second-order valence-corrected chi connectivity index (χ2v) is 8.23. The molecule has 0 fully saturated rings. The van der Waals surface area contributed by atoms with Crippen LogP contribution in [0.2, 0.25) is 0 Å². The van der Waals surface area contributed by atoms with Crippen LogP contribution in [0.5, 0.6) is 5.75 Å². The largest absolute Gasteiger partial charge is 0.497 e. The Hall–Kier alpha value is -2.67. The second-order valence-electron chi connectivity index (χ2n) is 8.23. The number of benzene rings is 1. The lowest BCUT2D eigenvalue weighted by atomic mass is 10.0. The SMILES string of the molecule is COc1ccc(C=CCN2CCc3nnc(C(CC(C)C)NC(C)=O)n3CC2)cc1. The monoisotopic (exact) mass is 411 g/mol. The van der Waals surface area contributed by atoms with Crippen molar-refractivity contribution in [2.24, 2.45) is 5.92 Å². The highest BCUT2D eigenvalue weighted by Gasteiger charge is 2.25. The number of aromatic nitrogens is 3. The van der Waals surface area contributed by atoms with Crippen LogP contribution in [0.4, 0.5) is 0 Å². The van der Waals surface area contributed by atoms with Gasteiger partial charge in [0.2, 0.25) is 5.91 Å². The molecular weight excluding hydrogens is 378 g/mol. The zero-order valence-electron chi connectivity index (χ0n) is 18.5. The van der Waals surface area contributed by atoms with E-state index >= 15 is 0 Å². The van der Waals surface area contributed by atoms with Gasteiger partial charge >= 0.3 is 0 Å². The third-order valence-corrected chi connectivity index (χ3v) is 5.33. The molecule has 1 atom stereocenters. The summed E-state index contributed by atoms with van der Waals surface area (Å²) in [7, 11) is 1.68. The molecule has 1 aromatic carbocycles. The van der Waals surface area contributed by atoms with Gasteiger partial charge in [-0.05, 0) is 30.0 Å². The topological polar surface area (TPSA) is 72.3 Å². The number of hydrogen-bond donors (Lipinski definition) is 1. The Morgan fingerprint density at radius 1 is 1.20 bits per heavy atom. The first-order valence-corrected chi connectivity index (χ1v) is 10.7. The van der Waals surface area contributed by atoms with E-state index in [1.165, 1.54) is 0 Å². The molecule has 0 saturated carbocycles. The standard InChI is InChI=1S/C23H33N5O2/c1-17(2)16-21(24-18(3)29)23-26-25-22-11-13-27(14-15-28(22)23)12-5-6-19-7-9-20(30-4)10-8-19/h5-10,17,21H,11-16H2,1-4H3,(H,24,29). The van der Waals surface area contributed by atoms with Gasteiger partial charge in [0.05, 0.1) is 13.2 Å². The molecule has 2 aromatic rings. The van der Waals surface area contributed by atoms with Crippen molar-refractivity contribution in [3.8, 4) is 5.75 Å². The summed E-state index contributed by atoms with van der Waals surface area (Å²) >= 11 is 0. The van der Waals surface area contributed by atoms with E-state index in [2.05, 4.69) is 63.1 Å². The first-order chi connectivity index (χ1) is 14.5. The quantitative estimate of drug-likeness (QED) is 0.723. The molecule has 7 nitrogen and oxygen atoms in total. The Bertz CT molecular complexity index is 857. The van der Waals surface area contributed by atoms with Crippen LogP contribution in [-0.2, 0) is 17.8 Å². The van der Waals surface area contributed by atoms with Crippen molar-refractivity contribution in [2.45, 2.75) is 46.2 Å². The molecule has 0 radical (unpaired) electrons. The van der Waals surface area contributed by atoms with Crippen LogP contribution in [0.1, 0.15) is 50.4 Å². The Morgan fingerprint density at radius 2 is 1.97 bits per heavy atom. The number of nitrogens with one attached hydrogen (secondary N) is 1. The molecule has 0 aliphatic carbocycles. The van der Waals surface area contributed by atoms with Crippen LogP contribution in [0, 0.1) is 5.92 Å².